The lowest BCUT2D eigenvalue weighted by atomic mass is 10.3. The summed E-state index contributed by atoms with van der Waals surface area (Å²) in [5.74, 6) is 2.72. The van der Waals surface area contributed by atoms with Crippen LogP contribution in [0.4, 0.5) is 11.5 Å². The maximum absolute atomic E-state index is 13.1. The number of carbonyl (C=O) groups is 1. The minimum atomic E-state index is -0.284. The molecule has 1 saturated heterocycles. The maximum Gasteiger partial charge on any atom is 0.295 e. The van der Waals surface area contributed by atoms with Crippen molar-refractivity contribution in [2.24, 2.45) is 7.05 Å². The molecule has 1 aromatic carbocycles. The van der Waals surface area contributed by atoms with E-state index in [-0.39, 0.29) is 11.7 Å². The lowest BCUT2D eigenvalue weighted by Crippen LogP contribution is -2.34. The van der Waals surface area contributed by atoms with Crippen molar-refractivity contribution in [3.63, 3.8) is 0 Å². The van der Waals surface area contributed by atoms with E-state index >= 15 is 0 Å². The summed E-state index contributed by atoms with van der Waals surface area (Å²) < 4.78 is 1.68. The van der Waals surface area contributed by atoms with Crippen molar-refractivity contribution in [3.05, 3.63) is 41.3 Å². The van der Waals surface area contributed by atoms with Crippen molar-refractivity contribution in [3.8, 4) is 0 Å². The van der Waals surface area contributed by atoms with Gasteiger partial charge >= 0.3 is 0 Å². The fourth-order valence-corrected chi connectivity index (χ4v) is 4.16. The Balaban J connectivity index is 1.76. The van der Waals surface area contributed by atoms with Gasteiger partial charge in [0.1, 0.15) is 5.82 Å². The van der Waals surface area contributed by atoms with E-state index in [2.05, 4.69) is 20.0 Å². The molecule has 1 fully saturated rings. The summed E-state index contributed by atoms with van der Waals surface area (Å²) >= 11 is 7.99. The first-order valence-corrected chi connectivity index (χ1v) is 10.1. The van der Waals surface area contributed by atoms with Crippen LogP contribution in [-0.4, -0.2) is 57.3 Å². The Labute approximate surface area is 166 Å². The molecule has 1 amide bonds. The normalized spacial score (nSPS) is 14.6. The molecule has 140 valence electrons. The monoisotopic (exact) mass is 402 g/mol. The van der Waals surface area contributed by atoms with E-state index in [0.717, 1.165) is 35.8 Å². The van der Waals surface area contributed by atoms with Crippen LogP contribution in [0.25, 0.3) is 11.0 Å². The molecule has 0 atom stereocenters. The molecular formula is C18H19ClN6OS. The van der Waals surface area contributed by atoms with Crippen molar-refractivity contribution in [2.75, 3.05) is 41.4 Å². The highest BCUT2D eigenvalue weighted by Crippen LogP contribution is 2.27. The number of rotatable bonds is 3. The number of aryl methyl sites for hydroxylation is 1. The molecule has 1 aliphatic heterocycles. The smallest absolute Gasteiger partial charge is 0.295 e. The van der Waals surface area contributed by atoms with E-state index in [4.69, 9.17) is 11.6 Å². The molecule has 4 rings (SSSR count). The lowest BCUT2D eigenvalue weighted by molar-refractivity contribution is 0.0983. The van der Waals surface area contributed by atoms with Crippen LogP contribution in [0.5, 0.6) is 0 Å². The minimum Gasteiger partial charge on any atom is -0.354 e. The summed E-state index contributed by atoms with van der Waals surface area (Å²) in [6.45, 7) is 1.78. The molecule has 1 aliphatic rings. The third-order valence-electron chi connectivity index (χ3n) is 4.57. The van der Waals surface area contributed by atoms with Crippen molar-refractivity contribution < 1.29 is 4.79 Å². The molecule has 0 bridgehead atoms. The van der Waals surface area contributed by atoms with Gasteiger partial charge in [-0.2, -0.15) is 16.9 Å². The van der Waals surface area contributed by atoms with Crippen molar-refractivity contribution in [1.82, 2.24) is 19.7 Å². The van der Waals surface area contributed by atoms with Gasteiger partial charge < -0.3 is 9.80 Å². The van der Waals surface area contributed by atoms with Crippen LogP contribution < -0.4 is 9.80 Å². The van der Waals surface area contributed by atoms with Crippen molar-refractivity contribution in [2.45, 2.75) is 0 Å². The number of aromatic nitrogens is 4. The number of hydrogen-bond donors (Lipinski definition) is 0. The number of fused-ring (bicyclic) bond motifs is 1. The Kier molecular flexibility index (Phi) is 4.92. The van der Waals surface area contributed by atoms with E-state index in [0.29, 0.717) is 16.4 Å². The second-order valence-corrected chi connectivity index (χ2v) is 7.98. The second kappa shape index (κ2) is 7.36. The highest BCUT2D eigenvalue weighted by atomic mass is 35.5. The molecular weight excluding hydrogens is 384 g/mol. The van der Waals surface area contributed by atoms with Crippen molar-refractivity contribution in [1.29, 1.82) is 0 Å². The van der Waals surface area contributed by atoms with Crippen molar-refractivity contribution >= 4 is 51.8 Å². The third kappa shape index (κ3) is 3.46. The summed E-state index contributed by atoms with van der Waals surface area (Å²) in [4.78, 5) is 25.9. The number of benzene rings is 1. The SMILES string of the molecule is CN(C(=O)c1nc(N2CCSCC2)c2cnn(C)c2n1)c1cccc(Cl)c1. The first kappa shape index (κ1) is 18.1. The number of halogens is 1. The Morgan fingerprint density at radius 3 is 2.78 bits per heavy atom. The van der Waals surface area contributed by atoms with Gasteiger partial charge in [-0.25, -0.2) is 9.97 Å². The van der Waals surface area contributed by atoms with E-state index < -0.39 is 0 Å². The zero-order valence-electron chi connectivity index (χ0n) is 15.1. The van der Waals surface area contributed by atoms with E-state index in [1.54, 1.807) is 30.1 Å². The zero-order valence-corrected chi connectivity index (χ0v) is 16.7. The van der Waals surface area contributed by atoms with Gasteiger partial charge in [0.25, 0.3) is 5.91 Å². The minimum absolute atomic E-state index is 0.154. The van der Waals surface area contributed by atoms with Gasteiger partial charge in [0.05, 0.1) is 11.6 Å². The number of amides is 1. The summed E-state index contributed by atoms with van der Waals surface area (Å²) in [6, 6.07) is 7.15. The first-order valence-electron chi connectivity index (χ1n) is 8.60. The standard InChI is InChI=1S/C18H19ClN6OS/c1-23(13-5-3-4-12(19)10-13)18(26)15-21-16-14(11-20-24(16)2)17(22-15)25-6-8-27-9-7-25/h3-5,10-11H,6-9H2,1-2H3. The average Bonchev–Trinajstić information content (AvgIpc) is 3.08. The number of thioether (sulfide) groups is 1. The third-order valence-corrected chi connectivity index (χ3v) is 5.75. The quantitative estimate of drug-likeness (QED) is 0.671. The van der Waals surface area contributed by atoms with Crippen LogP contribution in [0.3, 0.4) is 0 Å². The van der Waals surface area contributed by atoms with E-state index in [1.807, 2.05) is 30.9 Å². The fraction of sp³-hybridized carbons (Fsp3) is 0.333. The van der Waals surface area contributed by atoms with Crippen LogP contribution in [0.15, 0.2) is 30.5 Å². The average molecular weight is 403 g/mol. The molecule has 3 heterocycles. The predicted molar refractivity (Wildman–Crippen MR) is 110 cm³/mol. The Morgan fingerprint density at radius 2 is 2.04 bits per heavy atom. The summed E-state index contributed by atoms with van der Waals surface area (Å²) in [5, 5.41) is 5.74. The van der Waals surface area contributed by atoms with Gasteiger partial charge in [-0.05, 0) is 18.2 Å². The highest BCUT2D eigenvalue weighted by Gasteiger charge is 2.24. The molecule has 9 heteroatoms. The second-order valence-electron chi connectivity index (χ2n) is 6.32. The molecule has 0 saturated carbocycles. The molecule has 2 aromatic heterocycles. The van der Waals surface area contributed by atoms with Gasteiger partial charge in [0.2, 0.25) is 5.82 Å². The number of carbonyl (C=O) groups excluding carboxylic acids is 1. The zero-order chi connectivity index (χ0) is 19.0. The predicted octanol–water partition coefficient (Wildman–Crippen LogP) is 2.85. The van der Waals surface area contributed by atoms with Gasteiger partial charge in [0.15, 0.2) is 5.65 Å². The fourth-order valence-electron chi connectivity index (χ4n) is 3.07. The van der Waals surface area contributed by atoms with Crippen LogP contribution in [0.1, 0.15) is 10.6 Å². The van der Waals surface area contributed by atoms with Crippen LogP contribution in [0, 0.1) is 0 Å². The van der Waals surface area contributed by atoms with Gasteiger partial charge in [-0.1, -0.05) is 17.7 Å². The molecule has 0 aliphatic carbocycles. The summed E-state index contributed by atoms with van der Waals surface area (Å²) in [5.41, 5.74) is 1.35. The van der Waals surface area contributed by atoms with Gasteiger partial charge in [0, 0.05) is 49.4 Å². The number of hydrogen-bond acceptors (Lipinski definition) is 6. The molecule has 0 radical (unpaired) electrons. The molecule has 27 heavy (non-hydrogen) atoms. The molecule has 3 aromatic rings. The number of anilines is 2. The first-order chi connectivity index (χ1) is 13.0. The topological polar surface area (TPSA) is 67.2 Å². The lowest BCUT2D eigenvalue weighted by Gasteiger charge is -2.28. The molecule has 0 spiro atoms. The van der Waals surface area contributed by atoms with Crippen LogP contribution in [0.2, 0.25) is 5.02 Å². The van der Waals surface area contributed by atoms with Crippen LogP contribution in [-0.2, 0) is 7.05 Å². The van der Waals surface area contributed by atoms with E-state index in [1.165, 1.54) is 4.90 Å². The summed E-state index contributed by atoms with van der Waals surface area (Å²) in [7, 11) is 3.52. The molecule has 0 unspecified atom stereocenters. The largest absolute Gasteiger partial charge is 0.354 e. The number of nitrogens with zero attached hydrogens (tertiary/aromatic N) is 6. The van der Waals surface area contributed by atoms with Gasteiger partial charge in [-0.3, -0.25) is 9.48 Å². The van der Waals surface area contributed by atoms with Gasteiger partial charge in [-0.15, -0.1) is 0 Å². The van der Waals surface area contributed by atoms with Crippen LogP contribution >= 0.6 is 23.4 Å². The highest BCUT2D eigenvalue weighted by molar-refractivity contribution is 7.99. The molecule has 0 N–H and O–H groups in total. The van der Waals surface area contributed by atoms with E-state index in [9.17, 15) is 4.79 Å². The maximum atomic E-state index is 13.1. The Hall–Kier alpha value is -2.32. The Bertz CT molecular complexity index is 1000. The Morgan fingerprint density at radius 1 is 1.26 bits per heavy atom. The molecule has 7 nitrogen and oxygen atoms in total. The summed E-state index contributed by atoms with van der Waals surface area (Å²) in [6.07, 6.45) is 1.77.